The maximum Gasteiger partial charge on any atom is 0.341 e. The third-order valence-electron chi connectivity index (χ3n) is 9.25. The molecule has 44 heavy (non-hydrogen) atoms. The SMILES string of the molecule is C[C@@H]1CN(c2c(F)c(N)c3c(=O)c(C(=O)O)cn(C4CC4)c3c2F)C[C@H](C)[N+]12CN1C(=N2)C(C(=O)O)=Cc2ccccc21.[Cl-]. The summed E-state index contributed by atoms with van der Waals surface area (Å²) in [5, 5.41) is 24.1. The second kappa shape index (κ2) is 10.0. The molecular formula is C30H29ClF2N6O5. The van der Waals surface area contributed by atoms with Gasteiger partial charge in [-0.05, 0) is 44.4 Å². The molecule has 4 aliphatic rings. The standard InChI is InChI=1S/C30H28F2N6O5.ClH/c1-14-10-35(11-15(2)38(14)13-37-20-6-4-3-5-16(20)9-18(29(40)41)28(37)34-38)26-22(31)24(33)21-25(23(26)32)36(17-7-8-17)12-19(27(21)39)30(42)43;/h3-6,9,12,14-15,17H,7-8,10-11,13H2,1-2H3,(H3-,33,39,40,41,42,43);1H/t14-,15+,38?;. The summed E-state index contributed by atoms with van der Waals surface area (Å²) < 4.78 is 34.0. The van der Waals surface area contributed by atoms with Gasteiger partial charge in [-0.25, -0.2) is 18.4 Å². The topological polar surface area (TPSA) is 141 Å². The number of aliphatic carboxylic acids is 1. The fourth-order valence-corrected chi connectivity index (χ4v) is 6.89. The molecule has 14 heteroatoms. The minimum Gasteiger partial charge on any atom is -1.00 e. The molecule has 3 aliphatic heterocycles. The van der Waals surface area contributed by atoms with E-state index < -0.39 is 45.6 Å². The van der Waals surface area contributed by atoms with Crippen molar-refractivity contribution in [3.8, 4) is 0 Å². The van der Waals surface area contributed by atoms with Gasteiger partial charge in [0.05, 0.1) is 35.4 Å². The first kappa shape index (κ1) is 29.6. The van der Waals surface area contributed by atoms with Crippen LogP contribution in [0, 0.1) is 11.6 Å². The van der Waals surface area contributed by atoms with Gasteiger partial charge in [-0.2, -0.15) is 4.59 Å². The van der Waals surface area contributed by atoms with E-state index in [1.165, 1.54) is 4.57 Å². The molecule has 230 valence electrons. The predicted octanol–water partition coefficient (Wildman–Crippen LogP) is 0.586. The van der Waals surface area contributed by atoms with Crippen molar-refractivity contribution in [2.45, 2.75) is 44.8 Å². The highest BCUT2D eigenvalue weighted by atomic mass is 35.5. The molecule has 1 aromatic heterocycles. The molecule has 2 fully saturated rings. The number of pyridine rings is 1. The number of anilines is 3. The van der Waals surface area contributed by atoms with Crippen LogP contribution in [0.1, 0.15) is 48.7 Å². The number of amidine groups is 1. The molecule has 1 unspecified atom stereocenters. The van der Waals surface area contributed by atoms with Crippen LogP contribution in [0.15, 0.2) is 45.9 Å². The summed E-state index contributed by atoms with van der Waals surface area (Å²) in [6.07, 6.45) is 4.05. The monoisotopic (exact) mass is 626 g/mol. The van der Waals surface area contributed by atoms with Gasteiger partial charge in [-0.3, -0.25) is 9.69 Å². The van der Waals surface area contributed by atoms with Crippen LogP contribution in [0.4, 0.5) is 25.8 Å². The molecule has 1 saturated heterocycles. The molecule has 0 radical (unpaired) electrons. The largest absolute Gasteiger partial charge is 1.00 e. The third kappa shape index (κ3) is 4.02. The van der Waals surface area contributed by atoms with Crippen LogP contribution in [0.5, 0.6) is 0 Å². The number of para-hydroxylation sites is 1. The lowest BCUT2D eigenvalue weighted by Crippen LogP contribution is -3.00. The smallest absolute Gasteiger partial charge is 0.341 e. The number of hydrogen-bond acceptors (Lipinski definition) is 7. The normalized spacial score (nSPS) is 24.0. The minimum absolute atomic E-state index is 0. The number of nitrogen functional groups attached to an aromatic ring is 1. The minimum atomic E-state index is -1.50. The van der Waals surface area contributed by atoms with E-state index in [0.717, 1.165) is 17.4 Å². The predicted molar refractivity (Wildman–Crippen MR) is 156 cm³/mol. The lowest BCUT2D eigenvalue weighted by atomic mass is 10.0. The van der Waals surface area contributed by atoms with Crippen molar-refractivity contribution >= 4 is 51.8 Å². The van der Waals surface area contributed by atoms with Gasteiger partial charge in [0.1, 0.15) is 28.9 Å². The molecule has 4 N–H and O–H groups in total. The van der Waals surface area contributed by atoms with E-state index in [4.69, 9.17) is 10.8 Å². The summed E-state index contributed by atoms with van der Waals surface area (Å²) in [4.78, 5) is 40.5. The highest BCUT2D eigenvalue weighted by Gasteiger charge is 2.54. The van der Waals surface area contributed by atoms with Gasteiger partial charge < -0.3 is 37.8 Å². The van der Waals surface area contributed by atoms with Crippen LogP contribution in [0.3, 0.4) is 0 Å². The van der Waals surface area contributed by atoms with Crippen molar-refractivity contribution < 1.29 is 45.6 Å². The highest BCUT2D eigenvalue weighted by molar-refractivity contribution is 6.29. The van der Waals surface area contributed by atoms with Crippen LogP contribution in [0.2, 0.25) is 0 Å². The van der Waals surface area contributed by atoms with Gasteiger partial charge >= 0.3 is 11.9 Å². The van der Waals surface area contributed by atoms with Gasteiger partial charge in [-0.15, -0.1) is 0 Å². The Morgan fingerprint density at radius 2 is 1.70 bits per heavy atom. The molecule has 3 atom stereocenters. The van der Waals surface area contributed by atoms with Gasteiger partial charge in [0, 0.05) is 12.2 Å². The molecular weight excluding hydrogens is 598 g/mol. The molecule has 4 heterocycles. The summed E-state index contributed by atoms with van der Waals surface area (Å²) in [5.74, 6) is -4.33. The van der Waals surface area contributed by atoms with Crippen molar-refractivity contribution in [3.63, 3.8) is 0 Å². The number of aromatic carboxylic acids is 1. The number of aromatic nitrogens is 1. The van der Waals surface area contributed by atoms with E-state index in [-0.39, 0.29) is 65.0 Å². The maximum atomic E-state index is 16.5. The van der Waals surface area contributed by atoms with E-state index in [1.54, 1.807) is 11.0 Å². The zero-order chi connectivity index (χ0) is 30.5. The number of nitrogens with two attached hydrogens (primary N) is 1. The maximum absolute atomic E-state index is 16.5. The Kier molecular flexibility index (Phi) is 6.74. The number of carboxylic acid groups (broad SMARTS) is 2. The molecule has 2 aromatic carbocycles. The number of hydrogen-bond donors (Lipinski definition) is 3. The first-order chi connectivity index (χ1) is 20.4. The Bertz CT molecular complexity index is 1890. The molecule has 1 saturated carbocycles. The zero-order valence-corrected chi connectivity index (χ0v) is 24.6. The summed E-state index contributed by atoms with van der Waals surface area (Å²) >= 11 is 0. The average molecular weight is 627 g/mol. The fraction of sp³-hybridized carbons (Fsp3) is 0.333. The van der Waals surface area contributed by atoms with E-state index in [1.807, 2.05) is 43.0 Å². The second-order valence-corrected chi connectivity index (χ2v) is 11.8. The van der Waals surface area contributed by atoms with Crippen molar-refractivity contribution in [1.29, 1.82) is 0 Å². The number of piperazine rings is 1. The molecule has 1 spiro atoms. The molecule has 0 amide bonds. The number of nitrogens with zero attached hydrogens (tertiary/aromatic N) is 5. The summed E-state index contributed by atoms with van der Waals surface area (Å²) in [6, 6.07) is 6.58. The Labute approximate surface area is 256 Å². The van der Waals surface area contributed by atoms with Crippen molar-refractivity contribution in [1.82, 2.24) is 4.57 Å². The molecule has 11 nitrogen and oxygen atoms in total. The Hall–Kier alpha value is -4.49. The van der Waals surface area contributed by atoms with Crippen LogP contribution in [-0.4, -0.2) is 69.0 Å². The van der Waals surface area contributed by atoms with E-state index in [2.05, 4.69) is 0 Å². The van der Waals surface area contributed by atoms with Crippen LogP contribution in [-0.2, 0) is 4.79 Å². The van der Waals surface area contributed by atoms with Gasteiger partial charge in [-0.1, -0.05) is 23.3 Å². The quantitative estimate of drug-likeness (QED) is 0.282. The zero-order valence-electron chi connectivity index (χ0n) is 23.8. The molecule has 1 aliphatic carbocycles. The summed E-state index contributed by atoms with van der Waals surface area (Å²) in [6.45, 7) is 4.46. The van der Waals surface area contributed by atoms with Crippen molar-refractivity contribution in [3.05, 3.63) is 69.0 Å². The number of carboxylic acids is 2. The lowest BCUT2D eigenvalue weighted by molar-refractivity contribution is -0.971. The van der Waals surface area contributed by atoms with E-state index in [0.29, 0.717) is 25.3 Å². The molecule has 0 bridgehead atoms. The average Bonchev–Trinajstić information content (AvgIpc) is 3.72. The van der Waals surface area contributed by atoms with Crippen LogP contribution in [0.25, 0.3) is 17.0 Å². The lowest BCUT2D eigenvalue weighted by Gasteiger charge is -2.48. The Balaban J connectivity index is 0.00000343. The number of quaternary nitrogens is 1. The molecule has 7 rings (SSSR count). The molecule has 3 aromatic rings. The Morgan fingerprint density at radius 1 is 1.05 bits per heavy atom. The summed E-state index contributed by atoms with van der Waals surface area (Å²) in [7, 11) is 0. The van der Waals surface area contributed by atoms with E-state index >= 15 is 8.78 Å². The first-order valence-electron chi connectivity index (χ1n) is 14.1. The number of halogens is 3. The number of benzene rings is 2. The van der Waals surface area contributed by atoms with Crippen LogP contribution >= 0.6 is 0 Å². The first-order valence-corrected chi connectivity index (χ1v) is 14.1. The third-order valence-corrected chi connectivity index (χ3v) is 9.25. The summed E-state index contributed by atoms with van der Waals surface area (Å²) in [5.41, 5.74) is 5.03. The van der Waals surface area contributed by atoms with Gasteiger partial charge in [0.25, 0.3) is 0 Å². The van der Waals surface area contributed by atoms with Gasteiger partial charge in [0.15, 0.2) is 18.3 Å². The fourth-order valence-electron chi connectivity index (χ4n) is 6.89. The van der Waals surface area contributed by atoms with Crippen LogP contribution < -0.4 is 33.4 Å². The van der Waals surface area contributed by atoms with Gasteiger partial charge in [0.2, 0.25) is 11.3 Å². The Morgan fingerprint density at radius 3 is 2.32 bits per heavy atom. The van der Waals surface area contributed by atoms with E-state index in [9.17, 15) is 24.6 Å². The highest BCUT2D eigenvalue weighted by Crippen LogP contribution is 2.44. The number of rotatable bonds is 4. The number of carbonyl (C=O) groups is 2. The van der Waals surface area contributed by atoms with Crippen molar-refractivity contribution in [2.75, 3.05) is 35.3 Å². The van der Waals surface area contributed by atoms with Crippen molar-refractivity contribution in [2.24, 2.45) is 5.10 Å². The number of fused-ring (bicyclic) bond motifs is 4. The second-order valence-electron chi connectivity index (χ2n) is 11.8.